The number of benzene rings is 9. The van der Waals surface area contributed by atoms with Crippen molar-refractivity contribution in [2.24, 2.45) is 0 Å². The van der Waals surface area contributed by atoms with Crippen molar-refractivity contribution in [1.82, 2.24) is 0 Å². The molecule has 0 fully saturated rings. The number of hydrogen-bond donors (Lipinski definition) is 0. The summed E-state index contributed by atoms with van der Waals surface area (Å²) in [6, 6.07) is 46.5. The maximum absolute atomic E-state index is 8.74. The summed E-state index contributed by atoms with van der Waals surface area (Å²) in [6.45, 7) is 0. The topological polar surface area (TPSA) is 13.1 Å². The maximum Gasteiger partial charge on any atom is 0.136 e. The minimum absolute atomic E-state index is 0.201. The van der Waals surface area contributed by atoms with E-state index in [-0.39, 0.29) is 29.7 Å². The predicted octanol–water partition coefficient (Wildman–Crippen LogP) is 13.2. The number of hydrogen-bond acceptors (Lipinski definition) is 1. The lowest BCUT2D eigenvalue weighted by Gasteiger charge is -2.20. The van der Waals surface area contributed by atoms with Crippen molar-refractivity contribution in [2.75, 3.05) is 0 Å². The van der Waals surface area contributed by atoms with Gasteiger partial charge < -0.3 is 4.42 Å². The fourth-order valence-electron chi connectivity index (χ4n) is 7.55. The van der Waals surface area contributed by atoms with Gasteiger partial charge in [-0.15, -0.1) is 0 Å². The first-order valence-electron chi connectivity index (χ1n) is 18.3. The fourth-order valence-corrected chi connectivity index (χ4v) is 7.55. The van der Waals surface area contributed by atoms with Gasteiger partial charge in [0.15, 0.2) is 0 Å². The zero-order valence-corrected chi connectivity index (χ0v) is 25.2. The Labute approximate surface area is 279 Å². The van der Waals surface area contributed by atoms with Gasteiger partial charge in [-0.2, -0.15) is 0 Å². The third kappa shape index (κ3) is 3.90. The molecule has 0 aliphatic heterocycles. The Hall–Kier alpha value is -6.18. The monoisotopic (exact) mass is 601 g/mol. The van der Waals surface area contributed by atoms with Gasteiger partial charge in [-0.3, -0.25) is 0 Å². The minimum atomic E-state index is -0.398. The molecule has 10 rings (SSSR count). The summed E-state index contributed by atoms with van der Waals surface area (Å²) in [7, 11) is 0. The molecule has 0 N–H and O–H groups in total. The lowest BCUT2D eigenvalue weighted by atomic mass is 9.83. The van der Waals surface area contributed by atoms with E-state index in [0.717, 1.165) is 87.3 Å². The molecule has 1 heterocycles. The van der Waals surface area contributed by atoms with Crippen LogP contribution in [-0.4, -0.2) is 0 Å². The molecule has 10 aromatic rings. The van der Waals surface area contributed by atoms with Gasteiger partial charge in [0.2, 0.25) is 0 Å². The third-order valence-electron chi connectivity index (χ3n) is 9.53. The van der Waals surface area contributed by atoms with Crippen molar-refractivity contribution >= 4 is 65.0 Å². The Morgan fingerprint density at radius 2 is 0.915 bits per heavy atom. The second kappa shape index (κ2) is 10.2. The molecule has 218 valence electrons. The van der Waals surface area contributed by atoms with Gasteiger partial charge in [0.05, 0.1) is 6.85 Å². The molecule has 0 saturated carbocycles. The van der Waals surface area contributed by atoms with Crippen molar-refractivity contribution in [3.63, 3.8) is 0 Å². The normalized spacial score (nSPS) is 13.3. The first-order valence-corrected chi connectivity index (χ1v) is 15.8. The Morgan fingerprint density at radius 1 is 0.383 bits per heavy atom. The molecule has 0 aliphatic carbocycles. The maximum atomic E-state index is 8.74. The van der Waals surface area contributed by atoms with Gasteiger partial charge in [0.25, 0.3) is 0 Å². The third-order valence-corrected chi connectivity index (χ3v) is 9.53. The van der Waals surface area contributed by atoms with Crippen molar-refractivity contribution in [1.29, 1.82) is 0 Å². The summed E-state index contributed by atoms with van der Waals surface area (Å²) < 4.78 is 48.8. The Kier molecular flexibility index (Phi) is 4.66. The molecule has 1 nitrogen and oxygen atoms in total. The number of rotatable bonds is 3. The zero-order valence-electron chi connectivity index (χ0n) is 30.2. The molecule has 0 unspecified atom stereocenters. The van der Waals surface area contributed by atoms with Crippen LogP contribution in [0.25, 0.3) is 98.4 Å². The molecule has 0 radical (unpaired) electrons. The van der Waals surface area contributed by atoms with E-state index in [4.69, 9.17) is 11.3 Å². The molecule has 1 aromatic heterocycles. The Bertz CT molecular complexity index is 3050. The largest absolute Gasteiger partial charge is 0.456 e. The lowest BCUT2D eigenvalue weighted by molar-refractivity contribution is 0.669. The highest BCUT2D eigenvalue weighted by atomic mass is 16.3. The summed E-state index contributed by atoms with van der Waals surface area (Å²) in [6.07, 6.45) is 0. The molecular weight excluding hydrogens is 569 g/mol. The van der Waals surface area contributed by atoms with E-state index in [1.165, 1.54) is 0 Å². The number of fused-ring (bicyclic) bond motifs is 7. The highest BCUT2D eigenvalue weighted by Crippen LogP contribution is 2.48. The standard InChI is InChI=1S/C46H28O/c1-2-13-29(14-3-1)32-25-26-39(34-18-7-6-17-33(32)34)44-35-19-8-10-21-37(35)45(38-22-11-9-20-36(38)44)40-23-12-24-42-46(40)41-27-30-15-4-5-16-31(30)28-43(41)47-42/h1-28H/i1D,2D,3D,13D,14D. The molecular formula is C46H28O. The van der Waals surface area contributed by atoms with Crippen LogP contribution in [-0.2, 0) is 0 Å². The summed E-state index contributed by atoms with van der Waals surface area (Å²) in [5.41, 5.74) is 6.83. The Balaban J connectivity index is 1.30. The van der Waals surface area contributed by atoms with Gasteiger partial charge in [0, 0.05) is 10.8 Å². The van der Waals surface area contributed by atoms with E-state index < -0.39 is 6.04 Å². The van der Waals surface area contributed by atoms with Gasteiger partial charge in [-0.1, -0.05) is 152 Å². The molecule has 1 heteroatoms. The van der Waals surface area contributed by atoms with E-state index in [1.54, 1.807) is 0 Å². The van der Waals surface area contributed by atoms with E-state index in [1.807, 2.05) is 36.4 Å². The highest BCUT2D eigenvalue weighted by molar-refractivity contribution is 6.27. The van der Waals surface area contributed by atoms with E-state index in [9.17, 15) is 0 Å². The first kappa shape index (κ1) is 21.5. The van der Waals surface area contributed by atoms with Crippen molar-refractivity contribution in [3.8, 4) is 33.4 Å². The summed E-state index contributed by atoms with van der Waals surface area (Å²) in [4.78, 5) is 0. The molecule has 0 amide bonds. The van der Waals surface area contributed by atoms with Crippen LogP contribution in [0, 0.1) is 0 Å². The van der Waals surface area contributed by atoms with Crippen molar-refractivity contribution in [2.45, 2.75) is 0 Å². The molecule has 0 bridgehead atoms. The molecule has 0 spiro atoms. The smallest absolute Gasteiger partial charge is 0.136 e. The highest BCUT2D eigenvalue weighted by Gasteiger charge is 2.21. The summed E-state index contributed by atoms with van der Waals surface area (Å²) in [5, 5.41) is 10.6. The average molecular weight is 602 g/mol. The molecule has 0 aliphatic rings. The molecule has 0 atom stereocenters. The van der Waals surface area contributed by atoms with Gasteiger partial charge in [-0.25, -0.2) is 0 Å². The van der Waals surface area contributed by atoms with Crippen LogP contribution in [0.3, 0.4) is 0 Å². The zero-order chi connectivity index (χ0) is 35.2. The Morgan fingerprint density at radius 3 is 1.57 bits per heavy atom. The van der Waals surface area contributed by atoms with Gasteiger partial charge in [0.1, 0.15) is 11.2 Å². The quantitative estimate of drug-likeness (QED) is 0.184. The summed E-state index contributed by atoms with van der Waals surface area (Å²) in [5.74, 6) is 0. The first-order chi connectivity index (χ1) is 25.4. The summed E-state index contributed by atoms with van der Waals surface area (Å²) >= 11 is 0. The van der Waals surface area contributed by atoms with Crippen LogP contribution in [0.4, 0.5) is 0 Å². The fraction of sp³-hybridized carbons (Fsp3) is 0. The minimum Gasteiger partial charge on any atom is -0.456 e. The predicted molar refractivity (Wildman–Crippen MR) is 200 cm³/mol. The average Bonchev–Trinajstić information content (AvgIpc) is 3.55. The second-order valence-corrected chi connectivity index (χ2v) is 12.0. The van der Waals surface area contributed by atoms with Crippen molar-refractivity contribution in [3.05, 3.63) is 170 Å². The van der Waals surface area contributed by atoms with Crippen LogP contribution in [0.15, 0.2) is 174 Å². The molecule has 47 heavy (non-hydrogen) atoms. The molecule has 0 saturated heterocycles. The van der Waals surface area contributed by atoms with Gasteiger partial charge >= 0.3 is 0 Å². The van der Waals surface area contributed by atoms with Crippen molar-refractivity contribution < 1.29 is 11.3 Å². The second-order valence-electron chi connectivity index (χ2n) is 12.0. The van der Waals surface area contributed by atoms with Crippen LogP contribution < -0.4 is 0 Å². The van der Waals surface area contributed by atoms with Crippen LogP contribution in [0.2, 0.25) is 0 Å². The SMILES string of the molecule is [2H]c1c([2H])c([2H])c(-c2ccc(-c3c4ccccc4c(-c4cccc5oc6cc7ccccc7cc6c45)c4ccccc34)c3ccccc23)c([2H])c1[2H]. The van der Waals surface area contributed by atoms with E-state index in [0.29, 0.717) is 5.56 Å². The van der Waals surface area contributed by atoms with Crippen LogP contribution in [0.5, 0.6) is 0 Å². The van der Waals surface area contributed by atoms with Gasteiger partial charge in [-0.05, 0) is 94.7 Å². The number of furan rings is 1. The van der Waals surface area contributed by atoms with E-state index in [2.05, 4.69) is 103 Å². The lowest BCUT2D eigenvalue weighted by Crippen LogP contribution is -1.92. The van der Waals surface area contributed by atoms with Crippen LogP contribution >= 0.6 is 0 Å². The molecule has 9 aromatic carbocycles. The van der Waals surface area contributed by atoms with Crippen LogP contribution in [0.1, 0.15) is 6.85 Å². The van der Waals surface area contributed by atoms with E-state index >= 15 is 0 Å².